The molecule has 0 spiro atoms. The van der Waals surface area contributed by atoms with E-state index in [1.165, 1.54) is 30.9 Å². The Morgan fingerprint density at radius 2 is 1.97 bits per heavy atom. The molecule has 1 aromatic rings. The van der Waals surface area contributed by atoms with Crippen LogP contribution in [-0.4, -0.2) is 50.7 Å². The lowest BCUT2D eigenvalue weighted by molar-refractivity contribution is -0.138. The molecule has 36 heavy (non-hydrogen) atoms. The van der Waals surface area contributed by atoms with Gasteiger partial charge in [0, 0.05) is 5.70 Å². The van der Waals surface area contributed by atoms with Gasteiger partial charge in [-0.3, -0.25) is 14.5 Å². The van der Waals surface area contributed by atoms with E-state index in [2.05, 4.69) is 15.0 Å². The molecule has 1 unspecified atom stereocenters. The van der Waals surface area contributed by atoms with Crippen molar-refractivity contribution >= 4 is 46.6 Å². The van der Waals surface area contributed by atoms with Crippen LogP contribution in [0.5, 0.6) is 0 Å². The summed E-state index contributed by atoms with van der Waals surface area (Å²) in [6.07, 6.45) is -1.66. The number of thiocarbonyl (C=S) groups is 1. The molecule has 3 aliphatic rings. The van der Waals surface area contributed by atoms with Crippen LogP contribution < -0.4 is 4.90 Å². The van der Waals surface area contributed by atoms with Crippen molar-refractivity contribution in [2.24, 2.45) is 15.9 Å². The molecular formula is C22H16F4N6O3S. The molecule has 0 N–H and O–H groups in total. The average Bonchev–Trinajstić information content (AvgIpc) is 2.97. The van der Waals surface area contributed by atoms with Crippen LogP contribution in [0.3, 0.4) is 0 Å². The average molecular weight is 520 g/mol. The third-order valence-electron chi connectivity index (χ3n) is 5.58. The van der Waals surface area contributed by atoms with E-state index in [0.717, 1.165) is 17.2 Å². The number of ether oxygens (including phenoxy) is 1. The minimum atomic E-state index is -4.91. The number of anilines is 1. The lowest BCUT2D eigenvalue weighted by Crippen LogP contribution is -2.44. The SMILES string of the molecule is CCOC1=NC(=O)C2C=C(N3C(=S)N(c4cnc(C#N)c(C(F)(F)F)c4)C(=O)C3(C)C)C=C(F)C2=N1. The first-order chi connectivity index (χ1) is 16.8. The summed E-state index contributed by atoms with van der Waals surface area (Å²) in [4.78, 5) is 39.1. The number of carbonyl (C=O) groups is 2. The summed E-state index contributed by atoms with van der Waals surface area (Å²) in [5.41, 5.74) is -4.22. The Kier molecular flexibility index (Phi) is 5.99. The van der Waals surface area contributed by atoms with Gasteiger partial charge in [0.2, 0.25) is 0 Å². The van der Waals surface area contributed by atoms with E-state index in [-0.39, 0.29) is 34.8 Å². The van der Waals surface area contributed by atoms with Crippen molar-refractivity contribution in [2.45, 2.75) is 32.5 Å². The number of carbonyl (C=O) groups excluding carboxylic acids is 2. The number of allylic oxidation sites excluding steroid dienone is 2. The summed E-state index contributed by atoms with van der Waals surface area (Å²) in [5.74, 6) is -3.58. The molecule has 1 saturated heterocycles. The summed E-state index contributed by atoms with van der Waals surface area (Å²) in [6, 6.07) is 1.69. The number of nitrogens with zero attached hydrogens (tertiary/aromatic N) is 6. The highest BCUT2D eigenvalue weighted by molar-refractivity contribution is 7.80. The number of pyridine rings is 1. The molecule has 0 aromatic carbocycles. The number of nitriles is 1. The fraction of sp³-hybridized carbons (Fsp3) is 0.318. The van der Waals surface area contributed by atoms with Crippen LogP contribution in [0.2, 0.25) is 0 Å². The molecule has 0 radical (unpaired) electrons. The Labute approximate surface area is 207 Å². The minimum Gasteiger partial charge on any atom is -0.464 e. The molecule has 0 bridgehead atoms. The maximum atomic E-state index is 15.1. The molecule has 2 amide bonds. The molecule has 9 nitrogen and oxygen atoms in total. The largest absolute Gasteiger partial charge is 0.464 e. The van der Waals surface area contributed by atoms with Crippen molar-refractivity contribution in [1.82, 2.24) is 9.88 Å². The number of hydrogen-bond donors (Lipinski definition) is 0. The topological polar surface area (TPSA) is 111 Å². The summed E-state index contributed by atoms with van der Waals surface area (Å²) in [5, 5.41) is 8.72. The molecule has 14 heteroatoms. The lowest BCUT2D eigenvalue weighted by Gasteiger charge is -2.33. The number of amides is 2. The number of aliphatic imine (C=N–C) groups is 2. The number of hydrogen-bond acceptors (Lipinski definition) is 7. The number of rotatable bonds is 3. The zero-order valence-corrected chi connectivity index (χ0v) is 19.7. The third-order valence-corrected chi connectivity index (χ3v) is 5.95. The number of halogens is 4. The highest BCUT2D eigenvalue weighted by atomic mass is 32.1. The number of amidine groups is 1. The van der Waals surface area contributed by atoms with Crippen LogP contribution in [0, 0.1) is 17.2 Å². The highest BCUT2D eigenvalue weighted by Crippen LogP contribution is 2.40. The maximum Gasteiger partial charge on any atom is 0.419 e. The Morgan fingerprint density at radius 3 is 2.58 bits per heavy atom. The van der Waals surface area contributed by atoms with Crippen LogP contribution in [-0.2, 0) is 20.5 Å². The third kappa shape index (κ3) is 3.95. The maximum absolute atomic E-state index is 15.1. The van der Waals surface area contributed by atoms with E-state index in [4.69, 9.17) is 22.2 Å². The van der Waals surface area contributed by atoms with Crippen LogP contribution in [0.1, 0.15) is 32.0 Å². The van der Waals surface area contributed by atoms with Gasteiger partial charge in [-0.1, -0.05) is 0 Å². The normalized spacial score (nSPS) is 21.4. The highest BCUT2D eigenvalue weighted by Gasteiger charge is 2.52. The predicted octanol–water partition coefficient (Wildman–Crippen LogP) is 3.42. The van der Waals surface area contributed by atoms with E-state index < -0.39 is 46.5 Å². The minimum absolute atomic E-state index is 0.0170. The van der Waals surface area contributed by atoms with Crippen LogP contribution in [0.15, 0.2) is 45.9 Å². The van der Waals surface area contributed by atoms with E-state index in [1.807, 2.05) is 0 Å². The van der Waals surface area contributed by atoms with Crippen molar-refractivity contribution in [2.75, 3.05) is 11.5 Å². The van der Waals surface area contributed by atoms with Gasteiger partial charge in [-0.05, 0) is 51.2 Å². The smallest absolute Gasteiger partial charge is 0.419 e. The van der Waals surface area contributed by atoms with Crippen molar-refractivity contribution < 1.29 is 31.9 Å². The van der Waals surface area contributed by atoms with E-state index >= 15 is 4.39 Å². The van der Waals surface area contributed by atoms with Gasteiger partial charge in [0.05, 0.1) is 29.8 Å². The van der Waals surface area contributed by atoms with Crippen LogP contribution >= 0.6 is 12.2 Å². The summed E-state index contributed by atoms with van der Waals surface area (Å²) in [6.45, 7) is 4.68. The second-order valence-corrected chi connectivity index (χ2v) is 8.61. The molecule has 2 aliphatic heterocycles. The number of fused-ring (bicyclic) bond motifs is 1. The van der Waals surface area contributed by atoms with Gasteiger partial charge in [0.25, 0.3) is 11.8 Å². The Morgan fingerprint density at radius 1 is 1.28 bits per heavy atom. The number of alkyl halides is 3. The fourth-order valence-electron chi connectivity index (χ4n) is 3.92. The summed E-state index contributed by atoms with van der Waals surface area (Å²) < 4.78 is 60.6. The summed E-state index contributed by atoms with van der Waals surface area (Å²) >= 11 is 5.42. The molecule has 186 valence electrons. The van der Waals surface area contributed by atoms with Crippen molar-refractivity contribution in [3.8, 4) is 6.07 Å². The van der Waals surface area contributed by atoms with E-state index in [0.29, 0.717) is 6.07 Å². The molecular weight excluding hydrogens is 504 g/mol. The van der Waals surface area contributed by atoms with Gasteiger partial charge in [-0.25, -0.2) is 9.37 Å². The second-order valence-electron chi connectivity index (χ2n) is 8.24. The van der Waals surface area contributed by atoms with Gasteiger partial charge in [-0.15, -0.1) is 0 Å². The zero-order chi connectivity index (χ0) is 26.6. The quantitative estimate of drug-likeness (QED) is 0.444. The molecule has 1 atom stereocenters. The molecule has 1 aromatic heterocycles. The van der Waals surface area contributed by atoms with Gasteiger partial charge in [0.15, 0.2) is 10.8 Å². The van der Waals surface area contributed by atoms with Crippen LogP contribution in [0.25, 0.3) is 0 Å². The monoisotopic (exact) mass is 520 g/mol. The van der Waals surface area contributed by atoms with Gasteiger partial charge in [0.1, 0.15) is 23.4 Å². The second kappa shape index (κ2) is 8.59. The van der Waals surface area contributed by atoms with E-state index in [9.17, 15) is 22.8 Å². The van der Waals surface area contributed by atoms with Gasteiger partial charge in [-0.2, -0.15) is 28.4 Å². The predicted molar refractivity (Wildman–Crippen MR) is 122 cm³/mol. The number of aromatic nitrogens is 1. The van der Waals surface area contributed by atoms with Crippen molar-refractivity contribution in [3.63, 3.8) is 0 Å². The van der Waals surface area contributed by atoms with E-state index in [1.54, 1.807) is 6.92 Å². The van der Waals surface area contributed by atoms with Gasteiger partial charge < -0.3 is 9.64 Å². The standard InChI is InChI=1S/C22H16F4N6O3S/c1-4-35-19-29-16-12(17(33)30-19)5-10(7-14(16)23)32-20(36)31(18(34)21(32,2)3)11-6-13(22(24,25)26)15(8-27)28-9-11/h5-7,9,12H,4H2,1-3H3. The molecule has 1 fully saturated rings. The fourth-order valence-corrected chi connectivity index (χ4v) is 4.45. The van der Waals surface area contributed by atoms with Crippen LogP contribution in [0.4, 0.5) is 23.2 Å². The molecule has 4 rings (SSSR count). The Hall–Kier alpha value is -3.99. The van der Waals surface area contributed by atoms with Crippen molar-refractivity contribution in [1.29, 1.82) is 5.26 Å². The first-order valence-electron chi connectivity index (χ1n) is 10.4. The molecule has 1 aliphatic carbocycles. The Bertz CT molecular complexity index is 1370. The molecule has 3 heterocycles. The molecule has 0 saturated carbocycles. The Balaban J connectivity index is 1.76. The summed E-state index contributed by atoms with van der Waals surface area (Å²) in [7, 11) is 0. The first kappa shape index (κ1) is 25.1. The first-order valence-corrected chi connectivity index (χ1v) is 10.8. The van der Waals surface area contributed by atoms with Gasteiger partial charge >= 0.3 is 12.2 Å². The van der Waals surface area contributed by atoms with Crippen molar-refractivity contribution in [3.05, 3.63) is 47.2 Å². The zero-order valence-electron chi connectivity index (χ0n) is 18.9. The lowest BCUT2D eigenvalue weighted by atomic mass is 9.92.